The molecule has 362 valence electrons. The summed E-state index contributed by atoms with van der Waals surface area (Å²) in [6.07, 6.45) is -0.571. The number of cyclic esters (lactones) is 1. The first kappa shape index (κ1) is 53.0. The Morgan fingerprint density at radius 2 is 1.62 bits per heavy atom. The number of esters is 2. The number of Topliss-reactive ketones (excluding diaryl/α,β-unsaturated/α-hetero) is 2. The van der Waals surface area contributed by atoms with Gasteiger partial charge in [-0.1, -0.05) is 39.8 Å². The molecule has 17 heteroatoms. The van der Waals surface area contributed by atoms with Crippen LogP contribution in [0.15, 0.2) is 23.3 Å². The maximum atomic E-state index is 16.3. The van der Waals surface area contributed by atoms with E-state index in [9.17, 15) is 39.0 Å². The molecule has 4 aliphatic rings. The molecule has 2 bridgehead atoms. The highest BCUT2D eigenvalue weighted by Crippen LogP contribution is 2.39. The lowest BCUT2D eigenvalue weighted by Crippen LogP contribution is -2.64. The molecule has 3 fully saturated rings. The van der Waals surface area contributed by atoms with Gasteiger partial charge in [0.05, 0.1) is 30.5 Å². The van der Waals surface area contributed by atoms with Gasteiger partial charge >= 0.3 is 11.9 Å². The smallest absolute Gasteiger partial charge is 0.329 e. The number of hydrogen-bond acceptors (Lipinski definition) is 14. The summed E-state index contributed by atoms with van der Waals surface area (Å²) in [5.74, 6) is -10.5. The Bertz CT molecular complexity index is 1720. The van der Waals surface area contributed by atoms with Crippen LogP contribution < -0.4 is 5.32 Å². The van der Waals surface area contributed by atoms with E-state index in [0.717, 1.165) is 4.90 Å². The van der Waals surface area contributed by atoms with Crippen LogP contribution in [0.5, 0.6) is 0 Å². The molecule has 0 aromatic heterocycles. The second kappa shape index (κ2) is 23.7. The number of methoxy groups -OCH3 is 3. The highest BCUT2D eigenvalue weighted by Gasteiger charge is 2.57. The molecule has 15 unspecified atom stereocenters. The summed E-state index contributed by atoms with van der Waals surface area (Å²) in [6, 6.07) is -1.58. The number of piperidine rings is 1. The number of allylic oxidation sites excluding steroid dienone is 3. The fourth-order valence-corrected chi connectivity index (χ4v) is 9.90. The maximum absolute atomic E-state index is 16.3. The molecule has 16 nitrogen and oxygen atoms in total. The standard InChI is InChI=1S/C47H73FN2O14/c1-11-32-19-25(2)41(48)26(3)20-38(60-9)43-39(61-10)21-28(5)47(58,64-43)44(55)45(56)50-17-13-12-14-34(50)46(57)63-42(29(6)35(52)23-36(32)53)27(4)18-31-15-16-33(37(22-31)59-8)49-40(54)24-62-30(7)51/h18-19,26,28-29,31-35,37-39,41-43,52,58H,11-17,20-24H2,1-10H3,(H,49,54)/b25-19+,27-18?. The third kappa shape index (κ3) is 12.8. The minimum Gasteiger partial charge on any atom is -0.456 e. The number of nitrogens with zero attached hydrogens (tertiary/aromatic N) is 1. The summed E-state index contributed by atoms with van der Waals surface area (Å²) in [5.41, 5.74) is 0.875. The molecule has 3 aliphatic heterocycles. The molecule has 4 rings (SSSR count). The number of nitrogens with one attached hydrogen (secondary N) is 1. The number of hydrogen-bond donors (Lipinski definition) is 3. The number of amides is 2. The predicted molar refractivity (Wildman–Crippen MR) is 231 cm³/mol. The molecular weight excluding hydrogens is 836 g/mol. The van der Waals surface area contributed by atoms with Gasteiger partial charge in [0.2, 0.25) is 5.79 Å². The lowest BCUT2D eigenvalue weighted by atomic mass is 9.80. The van der Waals surface area contributed by atoms with Crippen molar-refractivity contribution in [2.24, 2.45) is 29.6 Å². The van der Waals surface area contributed by atoms with Gasteiger partial charge in [-0.25, -0.2) is 9.18 Å². The van der Waals surface area contributed by atoms with Crippen LogP contribution >= 0.6 is 0 Å². The van der Waals surface area contributed by atoms with Crippen molar-refractivity contribution in [2.45, 2.75) is 173 Å². The van der Waals surface area contributed by atoms with Gasteiger partial charge in [0, 0.05) is 59.0 Å². The Labute approximate surface area is 377 Å². The summed E-state index contributed by atoms with van der Waals surface area (Å²) in [4.78, 5) is 81.7. The van der Waals surface area contributed by atoms with Gasteiger partial charge in [-0.05, 0) is 94.6 Å². The molecule has 3 N–H and O–H groups in total. The number of rotatable bonds is 9. The van der Waals surface area contributed by atoms with Crippen LogP contribution in [0.4, 0.5) is 4.39 Å². The van der Waals surface area contributed by atoms with E-state index in [-0.39, 0.29) is 50.0 Å². The summed E-state index contributed by atoms with van der Waals surface area (Å²) in [5, 5.41) is 26.7. The fourth-order valence-electron chi connectivity index (χ4n) is 9.90. The summed E-state index contributed by atoms with van der Waals surface area (Å²) >= 11 is 0. The number of ether oxygens (including phenoxy) is 6. The van der Waals surface area contributed by atoms with Gasteiger partial charge < -0.3 is 48.9 Å². The number of carbonyl (C=O) groups excluding carboxylic acids is 6. The quantitative estimate of drug-likeness (QED) is 0.169. The highest BCUT2D eigenvalue weighted by atomic mass is 19.1. The molecular formula is C47H73FN2O14. The number of aliphatic hydroxyl groups is 2. The lowest BCUT2D eigenvalue weighted by molar-refractivity contribution is -0.302. The molecule has 1 saturated carbocycles. The molecule has 0 radical (unpaired) electrons. The number of halogens is 1. The third-order valence-corrected chi connectivity index (χ3v) is 13.9. The number of carbonyl (C=O) groups is 6. The van der Waals surface area contributed by atoms with Gasteiger partial charge in [-0.15, -0.1) is 0 Å². The van der Waals surface area contributed by atoms with Gasteiger partial charge in [0.1, 0.15) is 30.2 Å². The Hall–Kier alpha value is -3.61. The minimum atomic E-state index is -2.63. The number of alkyl halides is 1. The molecule has 0 aromatic rings. The summed E-state index contributed by atoms with van der Waals surface area (Å²) < 4.78 is 50.9. The van der Waals surface area contributed by atoms with Crippen molar-refractivity contribution in [3.63, 3.8) is 0 Å². The second-order valence-electron chi connectivity index (χ2n) is 18.5. The average Bonchev–Trinajstić information content (AvgIpc) is 3.27. The summed E-state index contributed by atoms with van der Waals surface area (Å²) in [6.45, 7) is 10.9. The largest absolute Gasteiger partial charge is 0.456 e. The number of ketones is 2. The second-order valence-corrected chi connectivity index (χ2v) is 18.5. The van der Waals surface area contributed by atoms with Crippen LogP contribution in [0.2, 0.25) is 0 Å². The third-order valence-electron chi connectivity index (χ3n) is 13.9. The van der Waals surface area contributed by atoms with Crippen LogP contribution in [-0.4, -0.2) is 146 Å². The van der Waals surface area contributed by atoms with E-state index < -0.39 is 114 Å². The highest BCUT2D eigenvalue weighted by molar-refractivity contribution is 6.39. The lowest BCUT2D eigenvalue weighted by Gasteiger charge is -2.47. The van der Waals surface area contributed by atoms with Gasteiger partial charge in [0.25, 0.3) is 17.6 Å². The maximum Gasteiger partial charge on any atom is 0.329 e. The van der Waals surface area contributed by atoms with E-state index in [1.807, 2.05) is 6.08 Å². The Morgan fingerprint density at radius 1 is 0.969 bits per heavy atom. The zero-order chi connectivity index (χ0) is 47.6. The van der Waals surface area contributed by atoms with Crippen molar-refractivity contribution in [1.29, 1.82) is 0 Å². The summed E-state index contributed by atoms with van der Waals surface area (Å²) in [7, 11) is 4.39. The van der Waals surface area contributed by atoms with Crippen molar-refractivity contribution in [1.82, 2.24) is 10.2 Å². The Morgan fingerprint density at radius 3 is 2.25 bits per heavy atom. The molecule has 1 aliphatic carbocycles. The SMILES string of the molecule is CCC1/C=C(\C)C(F)C(C)CC(OC)C2OC(O)(C(=O)C(=O)N3CCCCC3C(=O)OC(C(C)=CC3CCC(NC(=O)COC(C)=O)C(OC)C3)C(C)C(O)CC1=O)C(C)CC2OC. The molecule has 64 heavy (non-hydrogen) atoms. The van der Waals surface area contributed by atoms with Crippen molar-refractivity contribution >= 4 is 35.3 Å². The van der Waals surface area contributed by atoms with Gasteiger partial charge in [-0.3, -0.25) is 24.0 Å². The van der Waals surface area contributed by atoms with E-state index in [1.165, 1.54) is 28.3 Å². The van der Waals surface area contributed by atoms with Crippen molar-refractivity contribution < 1.29 is 71.8 Å². The number of aliphatic hydroxyl groups excluding tert-OH is 1. The van der Waals surface area contributed by atoms with E-state index >= 15 is 4.39 Å². The average molecular weight is 909 g/mol. The van der Waals surface area contributed by atoms with Crippen LogP contribution in [-0.2, 0) is 57.2 Å². The van der Waals surface area contributed by atoms with E-state index in [2.05, 4.69) is 5.32 Å². The van der Waals surface area contributed by atoms with E-state index in [0.29, 0.717) is 49.7 Å². The molecule has 0 spiro atoms. The zero-order valence-corrected chi connectivity index (χ0v) is 39.3. The van der Waals surface area contributed by atoms with Crippen molar-refractivity contribution in [2.75, 3.05) is 34.5 Å². The van der Waals surface area contributed by atoms with Gasteiger partial charge in [-0.2, -0.15) is 0 Å². The zero-order valence-electron chi connectivity index (χ0n) is 39.3. The topological polar surface area (TPSA) is 214 Å². The van der Waals surface area contributed by atoms with Crippen LogP contribution in [0.1, 0.15) is 113 Å². The fraction of sp³-hybridized carbons (Fsp3) is 0.787. The van der Waals surface area contributed by atoms with Crippen LogP contribution in [0.25, 0.3) is 0 Å². The number of fused-ring (bicyclic) bond motifs is 3. The van der Waals surface area contributed by atoms with E-state index in [1.54, 1.807) is 47.6 Å². The molecule has 2 saturated heterocycles. The van der Waals surface area contributed by atoms with E-state index in [4.69, 9.17) is 28.4 Å². The molecule has 3 heterocycles. The van der Waals surface area contributed by atoms with Gasteiger partial charge in [0.15, 0.2) is 6.61 Å². The first-order valence-electron chi connectivity index (χ1n) is 22.9. The Balaban J connectivity index is 1.74. The first-order valence-corrected chi connectivity index (χ1v) is 22.9. The molecule has 15 atom stereocenters. The Kier molecular flexibility index (Phi) is 19.6. The predicted octanol–water partition coefficient (Wildman–Crippen LogP) is 4.11. The van der Waals surface area contributed by atoms with Crippen molar-refractivity contribution in [3.05, 3.63) is 23.3 Å². The molecule has 2 amide bonds. The van der Waals surface area contributed by atoms with Crippen LogP contribution in [0, 0.1) is 29.6 Å². The monoisotopic (exact) mass is 909 g/mol. The normalized spacial score (nSPS) is 38.8. The van der Waals surface area contributed by atoms with Crippen molar-refractivity contribution in [3.8, 4) is 0 Å². The minimum absolute atomic E-state index is 0.0189. The molecule has 0 aromatic carbocycles. The first-order chi connectivity index (χ1) is 30.2. The van der Waals surface area contributed by atoms with Crippen LogP contribution in [0.3, 0.4) is 0 Å².